The molecule has 0 saturated heterocycles. The van der Waals surface area contributed by atoms with Gasteiger partial charge in [-0.15, -0.1) is 0 Å². The van der Waals surface area contributed by atoms with Crippen molar-refractivity contribution in [2.24, 2.45) is 10.8 Å². The first-order valence-corrected chi connectivity index (χ1v) is 4.40. The molecule has 0 aliphatic carbocycles. The van der Waals surface area contributed by atoms with Crippen LogP contribution in [0.3, 0.4) is 0 Å². The first-order chi connectivity index (χ1) is 7.54. The van der Waals surface area contributed by atoms with E-state index in [4.69, 9.17) is 11.3 Å². The molecule has 0 bridgehead atoms. The van der Waals surface area contributed by atoms with Gasteiger partial charge in [-0.05, 0) is 18.5 Å². The highest BCUT2D eigenvalue weighted by molar-refractivity contribution is 5.66. The fourth-order valence-corrected chi connectivity index (χ4v) is 1.15. The van der Waals surface area contributed by atoms with Crippen molar-refractivity contribution >= 4 is 17.1 Å². The maximum absolute atomic E-state index is 10.7. The Morgan fingerprint density at radius 2 is 2.38 bits per heavy atom. The van der Waals surface area contributed by atoms with Crippen LogP contribution < -0.4 is 11.1 Å². The predicted molar refractivity (Wildman–Crippen MR) is 59.2 cm³/mol. The third kappa shape index (κ3) is 2.84. The third-order valence-electron chi connectivity index (χ3n) is 1.72. The topological polar surface area (TPSA) is 130 Å². The third-order valence-corrected chi connectivity index (χ3v) is 1.72. The maximum Gasteiger partial charge on any atom is 0.292 e. The molecule has 1 aromatic rings. The molecule has 0 heterocycles. The summed E-state index contributed by atoms with van der Waals surface area (Å²) in [6.45, 7) is 1.66. The molecule has 8 nitrogen and oxygen atoms in total. The quantitative estimate of drug-likeness (QED) is 0.202. The van der Waals surface area contributed by atoms with Gasteiger partial charge in [-0.2, -0.15) is 0 Å². The highest BCUT2D eigenvalue weighted by atomic mass is 16.6. The number of anilines is 1. The number of nitro benzene ring substituents is 1. The Balaban J connectivity index is 3.19. The van der Waals surface area contributed by atoms with Gasteiger partial charge in [-0.1, -0.05) is 11.2 Å². The average molecular weight is 222 g/mol. The second-order valence-corrected chi connectivity index (χ2v) is 3.08. The smallest absolute Gasteiger partial charge is 0.292 e. The van der Waals surface area contributed by atoms with Crippen LogP contribution in [0.2, 0.25) is 0 Å². The monoisotopic (exact) mass is 222 g/mol. The highest BCUT2D eigenvalue weighted by Gasteiger charge is 2.14. The minimum Gasteiger partial charge on any atom is -0.365 e. The Kier molecular flexibility index (Phi) is 3.65. The van der Waals surface area contributed by atoms with Crippen molar-refractivity contribution in [3.05, 3.63) is 38.8 Å². The summed E-state index contributed by atoms with van der Waals surface area (Å²) in [7, 11) is 0. The van der Waals surface area contributed by atoms with Crippen LogP contribution in [0.15, 0.2) is 23.3 Å². The van der Waals surface area contributed by atoms with E-state index in [1.54, 1.807) is 6.92 Å². The van der Waals surface area contributed by atoms with E-state index in [9.17, 15) is 10.1 Å². The van der Waals surface area contributed by atoms with Crippen molar-refractivity contribution in [2.45, 2.75) is 13.1 Å². The van der Waals surface area contributed by atoms with Crippen LogP contribution in [0.1, 0.15) is 6.92 Å². The van der Waals surface area contributed by atoms with Gasteiger partial charge in [0, 0.05) is 16.7 Å². The molecule has 0 amide bonds. The summed E-state index contributed by atoms with van der Waals surface area (Å²) in [4.78, 5) is 12.7. The molecule has 16 heavy (non-hydrogen) atoms. The van der Waals surface area contributed by atoms with Crippen LogP contribution in [-0.2, 0) is 0 Å². The zero-order valence-corrected chi connectivity index (χ0v) is 8.49. The van der Waals surface area contributed by atoms with Crippen LogP contribution in [0.25, 0.3) is 10.4 Å². The van der Waals surface area contributed by atoms with Crippen molar-refractivity contribution in [1.82, 2.24) is 0 Å². The van der Waals surface area contributed by atoms with Gasteiger partial charge in [0.05, 0.1) is 11.1 Å². The molecule has 3 N–H and O–H groups in total. The van der Waals surface area contributed by atoms with E-state index in [1.807, 2.05) is 0 Å². The Morgan fingerprint density at radius 3 is 2.88 bits per heavy atom. The van der Waals surface area contributed by atoms with E-state index in [0.29, 0.717) is 0 Å². The second-order valence-electron chi connectivity index (χ2n) is 3.08. The van der Waals surface area contributed by atoms with E-state index in [-0.39, 0.29) is 17.1 Å². The number of hydrogen-bond donors (Lipinski definition) is 2. The van der Waals surface area contributed by atoms with Crippen LogP contribution in [0.5, 0.6) is 0 Å². The molecular weight excluding hydrogens is 212 g/mol. The van der Waals surface area contributed by atoms with Gasteiger partial charge < -0.3 is 11.1 Å². The Morgan fingerprint density at radius 1 is 1.69 bits per heavy atom. The normalized spacial score (nSPS) is 11.4. The second kappa shape index (κ2) is 4.96. The summed E-state index contributed by atoms with van der Waals surface area (Å²) in [5.74, 6) is 0. The zero-order valence-electron chi connectivity index (χ0n) is 8.49. The molecule has 0 aliphatic heterocycles. The van der Waals surface area contributed by atoms with E-state index in [2.05, 4.69) is 15.3 Å². The molecule has 84 valence electrons. The summed E-state index contributed by atoms with van der Waals surface area (Å²) in [6, 6.07) is 4.10. The van der Waals surface area contributed by atoms with Crippen LogP contribution in [0, 0.1) is 10.1 Å². The standard InChI is InChI=1S/C8H10N6O2/c1-5(9)11-7-3-2-6(12-13-10)4-8(7)14(15)16/h2-5,11H,9H2,1H3. The summed E-state index contributed by atoms with van der Waals surface area (Å²) >= 11 is 0. The zero-order chi connectivity index (χ0) is 12.1. The lowest BCUT2D eigenvalue weighted by molar-refractivity contribution is -0.383. The number of nitrogens with two attached hydrogens (primary N) is 1. The number of hydrogen-bond acceptors (Lipinski definition) is 5. The minimum atomic E-state index is -0.568. The molecular formula is C8H10N6O2. The summed E-state index contributed by atoms with van der Waals surface area (Å²) in [6.07, 6.45) is -0.413. The molecule has 8 heteroatoms. The lowest BCUT2D eigenvalue weighted by Crippen LogP contribution is -2.25. The summed E-state index contributed by atoms with van der Waals surface area (Å²) in [5, 5.41) is 16.8. The number of nitrogens with zero attached hydrogens (tertiary/aromatic N) is 4. The van der Waals surface area contributed by atoms with Crippen LogP contribution in [-0.4, -0.2) is 11.1 Å². The average Bonchev–Trinajstić information content (AvgIpc) is 2.19. The molecule has 0 radical (unpaired) electrons. The highest BCUT2D eigenvalue weighted by Crippen LogP contribution is 2.29. The number of azide groups is 1. The number of rotatable bonds is 4. The van der Waals surface area contributed by atoms with Gasteiger partial charge in [-0.3, -0.25) is 10.1 Å². The fourth-order valence-electron chi connectivity index (χ4n) is 1.15. The summed E-state index contributed by atoms with van der Waals surface area (Å²) < 4.78 is 0. The van der Waals surface area contributed by atoms with Crippen LogP contribution >= 0.6 is 0 Å². The molecule has 1 rings (SSSR count). The van der Waals surface area contributed by atoms with Crippen molar-refractivity contribution < 1.29 is 4.92 Å². The van der Waals surface area contributed by atoms with Gasteiger partial charge in [0.25, 0.3) is 5.69 Å². The van der Waals surface area contributed by atoms with Gasteiger partial charge in [0.1, 0.15) is 5.69 Å². The Bertz CT molecular complexity index is 452. The van der Waals surface area contributed by atoms with Crippen molar-refractivity contribution in [1.29, 1.82) is 0 Å². The van der Waals surface area contributed by atoms with Gasteiger partial charge in [-0.25, -0.2) is 0 Å². The van der Waals surface area contributed by atoms with Crippen molar-refractivity contribution in [3.63, 3.8) is 0 Å². The minimum absolute atomic E-state index is 0.179. The fraction of sp³-hybridized carbons (Fsp3) is 0.250. The van der Waals surface area contributed by atoms with E-state index >= 15 is 0 Å². The van der Waals surface area contributed by atoms with E-state index in [0.717, 1.165) is 0 Å². The lowest BCUT2D eigenvalue weighted by atomic mass is 10.2. The van der Waals surface area contributed by atoms with Crippen molar-refractivity contribution in [3.8, 4) is 0 Å². The largest absolute Gasteiger partial charge is 0.365 e. The molecule has 0 aliphatic rings. The Hall–Kier alpha value is -2.31. The molecule has 0 saturated carbocycles. The molecule has 1 unspecified atom stereocenters. The molecule has 0 aromatic heterocycles. The summed E-state index contributed by atoms with van der Waals surface area (Å²) in [5.41, 5.74) is 14.0. The van der Waals surface area contributed by atoms with Gasteiger partial charge in [0.15, 0.2) is 0 Å². The maximum atomic E-state index is 10.7. The Labute approximate surface area is 90.8 Å². The van der Waals surface area contributed by atoms with Crippen molar-refractivity contribution in [2.75, 3.05) is 5.32 Å². The SMILES string of the molecule is CC(N)Nc1ccc(N=[N+]=[N-])cc1[N+](=O)[O-]. The molecule has 0 spiro atoms. The molecule has 0 fully saturated rings. The van der Waals surface area contributed by atoms with E-state index < -0.39 is 11.1 Å². The lowest BCUT2D eigenvalue weighted by Gasteiger charge is -2.10. The predicted octanol–water partition coefficient (Wildman–Crippen LogP) is 2.25. The molecule has 1 atom stereocenters. The molecule has 1 aromatic carbocycles. The number of nitrogens with one attached hydrogen (secondary N) is 1. The first kappa shape index (κ1) is 11.8. The van der Waals surface area contributed by atoms with Gasteiger partial charge in [0.2, 0.25) is 0 Å². The number of benzene rings is 1. The van der Waals surface area contributed by atoms with E-state index in [1.165, 1.54) is 18.2 Å². The van der Waals surface area contributed by atoms with Crippen LogP contribution in [0.4, 0.5) is 17.1 Å². The van der Waals surface area contributed by atoms with Gasteiger partial charge >= 0.3 is 0 Å². The first-order valence-electron chi connectivity index (χ1n) is 4.40. The number of nitro groups is 1.